The highest BCUT2D eigenvalue weighted by molar-refractivity contribution is 5.45. The Hall–Kier alpha value is -1.26. The summed E-state index contributed by atoms with van der Waals surface area (Å²) < 4.78 is 37.0. The Morgan fingerprint density at radius 3 is 2.20 bits per heavy atom. The molecule has 0 spiro atoms. The van der Waals surface area contributed by atoms with Crippen molar-refractivity contribution in [1.82, 2.24) is 4.98 Å². The zero-order chi connectivity index (χ0) is 11.7. The number of hydrogen-bond donors (Lipinski definition) is 1. The van der Waals surface area contributed by atoms with Crippen molar-refractivity contribution in [1.29, 1.82) is 0 Å². The van der Waals surface area contributed by atoms with Gasteiger partial charge < -0.3 is 5.32 Å². The number of alkyl halides is 3. The van der Waals surface area contributed by atoms with Crippen LogP contribution in [-0.4, -0.2) is 10.5 Å². The predicted octanol–water partition coefficient (Wildman–Crippen LogP) is 3.31. The molecule has 1 heterocycles. The van der Waals surface area contributed by atoms with E-state index >= 15 is 0 Å². The van der Waals surface area contributed by atoms with Gasteiger partial charge in [0.15, 0.2) is 0 Å². The van der Waals surface area contributed by atoms with Crippen LogP contribution in [0.5, 0.6) is 0 Å². The van der Waals surface area contributed by atoms with Crippen molar-refractivity contribution < 1.29 is 13.2 Å². The molecular weight excluding hydrogens is 205 g/mol. The van der Waals surface area contributed by atoms with Crippen LogP contribution in [0.15, 0.2) is 18.5 Å². The maximum Gasteiger partial charge on any atom is 0.417 e. The molecule has 0 aliphatic carbocycles. The Morgan fingerprint density at radius 2 is 1.73 bits per heavy atom. The van der Waals surface area contributed by atoms with Gasteiger partial charge in [-0.15, -0.1) is 0 Å². The van der Waals surface area contributed by atoms with Gasteiger partial charge in [0.25, 0.3) is 0 Å². The molecule has 1 aromatic heterocycles. The first-order chi connectivity index (χ1) is 6.68. The summed E-state index contributed by atoms with van der Waals surface area (Å²) in [5.74, 6) is 0. The highest BCUT2D eigenvalue weighted by atomic mass is 19.4. The van der Waals surface area contributed by atoms with E-state index in [1.54, 1.807) is 0 Å². The standard InChI is InChI=1S/C10H13F3N2/c1-9(2,3)15-8-4-7(5-14-6-8)10(11,12)13/h4-6,15H,1-3H3. The van der Waals surface area contributed by atoms with E-state index in [0.717, 1.165) is 12.3 Å². The Balaban J connectivity index is 2.94. The van der Waals surface area contributed by atoms with Crippen molar-refractivity contribution >= 4 is 5.69 Å². The normalized spacial score (nSPS) is 12.7. The molecule has 2 nitrogen and oxygen atoms in total. The van der Waals surface area contributed by atoms with Gasteiger partial charge in [0, 0.05) is 17.9 Å². The van der Waals surface area contributed by atoms with E-state index < -0.39 is 11.7 Å². The van der Waals surface area contributed by atoms with Crippen LogP contribution in [0, 0.1) is 0 Å². The molecule has 0 saturated carbocycles. The molecule has 0 fully saturated rings. The molecule has 0 aliphatic heterocycles. The number of aromatic nitrogens is 1. The summed E-state index contributed by atoms with van der Waals surface area (Å²) in [6, 6.07) is 1.05. The molecule has 1 N–H and O–H groups in total. The van der Waals surface area contributed by atoms with Crippen LogP contribution in [0.25, 0.3) is 0 Å². The predicted molar refractivity (Wildman–Crippen MR) is 52.6 cm³/mol. The zero-order valence-corrected chi connectivity index (χ0v) is 8.81. The number of anilines is 1. The number of nitrogens with one attached hydrogen (secondary N) is 1. The van der Waals surface area contributed by atoms with E-state index in [4.69, 9.17) is 0 Å². The molecule has 0 saturated heterocycles. The highest BCUT2D eigenvalue weighted by Crippen LogP contribution is 2.30. The van der Waals surface area contributed by atoms with Crippen LogP contribution in [0.2, 0.25) is 0 Å². The van der Waals surface area contributed by atoms with Gasteiger partial charge >= 0.3 is 6.18 Å². The zero-order valence-electron chi connectivity index (χ0n) is 8.81. The second-order valence-corrected chi connectivity index (χ2v) is 4.34. The van der Waals surface area contributed by atoms with E-state index in [9.17, 15) is 13.2 Å². The summed E-state index contributed by atoms with van der Waals surface area (Å²) >= 11 is 0. The maximum absolute atomic E-state index is 12.3. The molecule has 5 heteroatoms. The lowest BCUT2D eigenvalue weighted by Gasteiger charge is -2.22. The molecule has 15 heavy (non-hydrogen) atoms. The number of nitrogens with zero attached hydrogens (tertiary/aromatic N) is 1. The van der Waals surface area contributed by atoms with Crippen LogP contribution in [-0.2, 0) is 6.18 Å². The van der Waals surface area contributed by atoms with E-state index in [2.05, 4.69) is 10.3 Å². The van der Waals surface area contributed by atoms with Crippen molar-refractivity contribution in [2.24, 2.45) is 0 Å². The van der Waals surface area contributed by atoms with E-state index in [-0.39, 0.29) is 5.54 Å². The van der Waals surface area contributed by atoms with E-state index in [1.807, 2.05) is 20.8 Å². The molecule has 0 unspecified atom stereocenters. The summed E-state index contributed by atoms with van der Waals surface area (Å²) in [4.78, 5) is 3.55. The minimum atomic E-state index is -4.34. The molecular formula is C10H13F3N2. The van der Waals surface area contributed by atoms with Crippen LogP contribution in [0.3, 0.4) is 0 Å². The van der Waals surface area contributed by atoms with Crippen molar-refractivity contribution in [2.75, 3.05) is 5.32 Å². The SMILES string of the molecule is CC(C)(C)Nc1cncc(C(F)(F)F)c1. The Kier molecular flexibility index (Phi) is 2.93. The summed E-state index contributed by atoms with van der Waals surface area (Å²) in [6.07, 6.45) is -2.16. The van der Waals surface area contributed by atoms with Crippen molar-refractivity contribution in [3.63, 3.8) is 0 Å². The second kappa shape index (κ2) is 3.72. The van der Waals surface area contributed by atoms with Gasteiger partial charge in [0.05, 0.1) is 11.3 Å². The van der Waals surface area contributed by atoms with E-state index in [1.165, 1.54) is 6.20 Å². The number of rotatable bonds is 1. The molecule has 0 bridgehead atoms. The van der Waals surface area contributed by atoms with Crippen LogP contribution >= 0.6 is 0 Å². The Labute approximate surface area is 86.5 Å². The van der Waals surface area contributed by atoms with Gasteiger partial charge in [0.2, 0.25) is 0 Å². The first kappa shape index (κ1) is 11.8. The van der Waals surface area contributed by atoms with Crippen molar-refractivity contribution in [3.8, 4) is 0 Å². The molecule has 0 aliphatic rings. The van der Waals surface area contributed by atoms with Gasteiger partial charge in [-0.3, -0.25) is 4.98 Å². The molecule has 0 amide bonds. The molecule has 0 atom stereocenters. The molecule has 1 rings (SSSR count). The van der Waals surface area contributed by atoms with Gasteiger partial charge in [0.1, 0.15) is 0 Å². The average molecular weight is 218 g/mol. The Morgan fingerprint density at radius 1 is 1.13 bits per heavy atom. The highest BCUT2D eigenvalue weighted by Gasteiger charge is 2.31. The number of hydrogen-bond acceptors (Lipinski definition) is 2. The number of pyridine rings is 1. The van der Waals surface area contributed by atoms with Crippen LogP contribution in [0.1, 0.15) is 26.3 Å². The third-order valence-electron chi connectivity index (χ3n) is 1.58. The summed E-state index contributed by atoms with van der Waals surface area (Å²) in [6.45, 7) is 5.60. The molecule has 84 valence electrons. The fourth-order valence-corrected chi connectivity index (χ4v) is 1.10. The minimum absolute atomic E-state index is 0.286. The smallest absolute Gasteiger partial charge is 0.379 e. The lowest BCUT2D eigenvalue weighted by molar-refractivity contribution is -0.137. The molecule has 0 aromatic carbocycles. The summed E-state index contributed by atoms with van der Waals surface area (Å²) in [7, 11) is 0. The first-order valence-electron chi connectivity index (χ1n) is 4.49. The Bertz CT molecular complexity index is 339. The number of halogens is 3. The maximum atomic E-state index is 12.3. The summed E-state index contributed by atoms with van der Waals surface area (Å²) in [5, 5.41) is 2.93. The van der Waals surface area contributed by atoms with Gasteiger partial charge in [-0.2, -0.15) is 13.2 Å². The first-order valence-corrected chi connectivity index (χ1v) is 4.49. The van der Waals surface area contributed by atoms with Crippen LogP contribution in [0.4, 0.5) is 18.9 Å². The average Bonchev–Trinajstić information content (AvgIpc) is 1.99. The fourth-order valence-electron chi connectivity index (χ4n) is 1.10. The molecule has 0 radical (unpaired) electrons. The summed E-state index contributed by atoms with van der Waals surface area (Å²) in [5.41, 5.74) is -0.652. The second-order valence-electron chi connectivity index (χ2n) is 4.34. The van der Waals surface area contributed by atoms with Gasteiger partial charge in [-0.25, -0.2) is 0 Å². The quantitative estimate of drug-likeness (QED) is 0.782. The lowest BCUT2D eigenvalue weighted by Crippen LogP contribution is -2.26. The topological polar surface area (TPSA) is 24.9 Å². The van der Waals surface area contributed by atoms with Gasteiger partial charge in [-0.05, 0) is 26.8 Å². The third-order valence-corrected chi connectivity index (χ3v) is 1.58. The van der Waals surface area contributed by atoms with E-state index in [0.29, 0.717) is 5.69 Å². The van der Waals surface area contributed by atoms with Crippen molar-refractivity contribution in [3.05, 3.63) is 24.0 Å². The molecule has 1 aromatic rings. The third kappa shape index (κ3) is 3.77. The van der Waals surface area contributed by atoms with Gasteiger partial charge in [-0.1, -0.05) is 0 Å². The minimum Gasteiger partial charge on any atom is -0.379 e. The fraction of sp³-hybridized carbons (Fsp3) is 0.500. The van der Waals surface area contributed by atoms with Crippen molar-refractivity contribution in [2.45, 2.75) is 32.5 Å². The largest absolute Gasteiger partial charge is 0.417 e. The lowest BCUT2D eigenvalue weighted by atomic mass is 10.1. The monoisotopic (exact) mass is 218 g/mol. The van der Waals surface area contributed by atoms with Crippen LogP contribution < -0.4 is 5.32 Å².